The molecular weight excluding hydrogens is 384 g/mol. The van der Waals surface area contributed by atoms with E-state index >= 15 is 0 Å². The van der Waals surface area contributed by atoms with Gasteiger partial charge in [-0.2, -0.15) is 0 Å². The second-order valence-electron chi connectivity index (χ2n) is 6.27. The fraction of sp³-hybridized carbons (Fsp3) is 0.200. The molecule has 2 aliphatic rings. The maximum Gasteiger partial charge on any atom is 0.338 e. The zero-order valence-electron chi connectivity index (χ0n) is 14.8. The highest BCUT2D eigenvalue weighted by molar-refractivity contribution is 6.33. The summed E-state index contributed by atoms with van der Waals surface area (Å²) in [6, 6.07) is 12.9. The van der Waals surface area contributed by atoms with E-state index in [1.54, 1.807) is 31.2 Å². The number of imide groups is 1. The summed E-state index contributed by atoms with van der Waals surface area (Å²) < 4.78 is 4.94. The van der Waals surface area contributed by atoms with Crippen molar-refractivity contribution < 1.29 is 24.0 Å². The molecule has 1 fully saturated rings. The highest BCUT2D eigenvalue weighted by atomic mass is 35.5. The van der Waals surface area contributed by atoms with Crippen molar-refractivity contribution in [1.29, 1.82) is 0 Å². The van der Waals surface area contributed by atoms with Gasteiger partial charge < -0.3 is 9.57 Å². The number of hydrogen-bond donors (Lipinski definition) is 0. The molecule has 142 valence electrons. The van der Waals surface area contributed by atoms with Crippen molar-refractivity contribution in [3.63, 3.8) is 0 Å². The van der Waals surface area contributed by atoms with Crippen molar-refractivity contribution in [3.05, 3.63) is 64.7 Å². The maximum absolute atomic E-state index is 13.0. The molecule has 0 N–H and O–H groups in total. The van der Waals surface area contributed by atoms with Crippen LogP contribution >= 0.6 is 11.6 Å². The van der Waals surface area contributed by atoms with Gasteiger partial charge in [0.1, 0.15) is 11.6 Å². The molecule has 2 aromatic carbocycles. The predicted octanol–water partition coefficient (Wildman–Crippen LogP) is 2.81. The van der Waals surface area contributed by atoms with Crippen LogP contribution in [-0.4, -0.2) is 36.2 Å². The van der Waals surface area contributed by atoms with Crippen LogP contribution in [0.3, 0.4) is 0 Å². The Balaban J connectivity index is 1.60. The lowest BCUT2D eigenvalue weighted by Crippen LogP contribution is -2.33. The Morgan fingerprint density at radius 3 is 2.43 bits per heavy atom. The highest BCUT2D eigenvalue weighted by Gasteiger charge is 2.56. The molecule has 28 heavy (non-hydrogen) atoms. The lowest BCUT2D eigenvalue weighted by Gasteiger charge is -2.15. The summed E-state index contributed by atoms with van der Waals surface area (Å²) in [6.07, 6.45) is -0.997. The van der Waals surface area contributed by atoms with Crippen LogP contribution in [0.15, 0.2) is 53.7 Å². The number of carbonyl (C=O) groups is 3. The third-order valence-electron chi connectivity index (χ3n) is 4.59. The zero-order chi connectivity index (χ0) is 19.8. The Morgan fingerprint density at radius 2 is 1.79 bits per heavy atom. The number of nitrogens with zero attached hydrogens (tertiary/aromatic N) is 2. The molecule has 7 nitrogen and oxygen atoms in total. The van der Waals surface area contributed by atoms with Gasteiger partial charge in [-0.25, -0.2) is 9.69 Å². The number of fused-ring (bicyclic) bond motifs is 1. The van der Waals surface area contributed by atoms with Crippen LogP contribution in [0.5, 0.6) is 0 Å². The monoisotopic (exact) mass is 398 g/mol. The van der Waals surface area contributed by atoms with Crippen LogP contribution in [0.4, 0.5) is 5.69 Å². The van der Waals surface area contributed by atoms with Gasteiger partial charge in [0.15, 0.2) is 0 Å². The van der Waals surface area contributed by atoms with Gasteiger partial charge in [0.25, 0.3) is 5.91 Å². The number of anilines is 1. The Kier molecular flexibility index (Phi) is 4.60. The Labute approximate surface area is 165 Å². The molecule has 0 radical (unpaired) electrons. The van der Waals surface area contributed by atoms with Crippen LogP contribution in [0.1, 0.15) is 22.8 Å². The lowest BCUT2D eigenvalue weighted by atomic mass is 9.94. The SMILES string of the molecule is CCOC(=O)c1ccc(N2C(=O)[C@H]3C(c4ccc(Cl)cc4)=NO[C@H]3C2=O)cc1. The van der Waals surface area contributed by atoms with E-state index in [0.29, 0.717) is 27.5 Å². The normalized spacial score (nSPS) is 20.6. The first kappa shape index (κ1) is 18.2. The predicted molar refractivity (Wildman–Crippen MR) is 101 cm³/mol. The van der Waals surface area contributed by atoms with Gasteiger partial charge in [0.05, 0.1) is 17.9 Å². The molecule has 2 amide bonds. The zero-order valence-corrected chi connectivity index (χ0v) is 15.6. The van der Waals surface area contributed by atoms with Crippen LogP contribution in [-0.2, 0) is 19.2 Å². The molecule has 0 aliphatic carbocycles. The number of hydrogen-bond acceptors (Lipinski definition) is 6. The molecular formula is C20H15ClN2O5. The fourth-order valence-electron chi connectivity index (χ4n) is 3.25. The van der Waals surface area contributed by atoms with Gasteiger partial charge in [-0.1, -0.05) is 28.9 Å². The van der Waals surface area contributed by atoms with Crippen molar-refractivity contribution in [2.24, 2.45) is 11.1 Å². The largest absolute Gasteiger partial charge is 0.462 e. The molecule has 2 heterocycles. The van der Waals surface area contributed by atoms with Crippen LogP contribution in [0.25, 0.3) is 0 Å². The molecule has 2 aromatic rings. The van der Waals surface area contributed by atoms with E-state index in [2.05, 4.69) is 5.16 Å². The van der Waals surface area contributed by atoms with Crippen molar-refractivity contribution in [2.75, 3.05) is 11.5 Å². The van der Waals surface area contributed by atoms with Crippen molar-refractivity contribution in [1.82, 2.24) is 0 Å². The average Bonchev–Trinajstić information content (AvgIpc) is 3.23. The molecule has 0 aromatic heterocycles. The minimum Gasteiger partial charge on any atom is -0.462 e. The van der Waals surface area contributed by atoms with E-state index < -0.39 is 29.8 Å². The number of carbonyl (C=O) groups excluding carboxylic acids is 3. The summed E-state index contributed by atoms with van der Waals surface area (Å²) in [4.78, 5) is 43.9. The standard InChI is InChI=1S/C20H15ClN2O5/c1-2-27-20(26)12-5-9-14(10-6-12)23-18(24)15-16(22-28-17(15)19(23)25)11-3-7-13(21)8-4-11/h3-10,15,17H,2H2,1H3/t15-,17+/m0/s1. The molecule has 0 bridgehead atoms. The number of benzene rings is 2. The summed E-state index contributed by atoms with van der Waals surface area (Å²) in [5.41, 5.74) is 1.75. The first-order chi connectivity index (χ1) is 13.5. The van der Waals surface area contributed by atoms with Gasteiger partial charge >= 0.3 is 5.97 Å². The molecule has 1 saturated heterocycles. The first-order valence-corrected chi connectivity index (χ1v) is 9.03. The van der Waals surface area contributed by atoms with E-state index in [9.17, 15) is 14.4 Å². The van der Waals surface area contributed by atoms with E-state index in [1.807, 2.05) is 0 Å². The lowest BCUT2D eigenvalue weighted by molar-refractivity contribution is -0.126. The van der Waals surface area contributed by atoms with Crippen molar-refractivity contribution in [3.8, 4) is 0 Å². The van der Waals surface area contributed by atoms with Crippen LogP contribution in [0, 0.1) is 5.92 Å². The van der Waals surface area contributed by atoms with Crippen LogP contribution in [0.2, 0.25) is 5.02 Å². The number of halogens is 1. The number of oxime groups is 1. The number of amides is 2. The Morgan fingerprint density at radius 1 is 1.11 bits per heavy atom. The summed E-state index contributed by atoms with van der Waals surface area (Å²) in [7, 11) is 0. The number of esters is 1. The molecule has 0 spiro atoms. The maximum atomic E-state index is 13.0. The highest BCUT2D eigenvalue weighted by Crippen LogP contribution is 2.35. The van der Waals surface area contributed by atoms with Crippen molar-refractivity contribution in [2.45, 2.75) is 13.0 Å². The third kappa shape index (κ3) is 2.93. The van der Waals surface area contributed by atoms with Gasteiger partial charge in [-0.15, -0.1) is 0 Å². The minimum absolute atomic E-state index is 0.261. The molecule has 0 saturated carbocycles. The van der Waals surface area contributed by atoms with E-state index in [0.717, 1.165) is 4.90 Å². The molecule has 2 aliphatic heterocycles. The summed E-state index contributed by atoms with van der Waals surface area (Å²) in [6.45, 7) is 1.98. The molecule has 4 rings (SSSR count). The smallest absolute Gasteiger partial charge is 0.338 e. The van der Waals surface area contributed by atoms with E-state index in [-0.39, 0.29) is 6.61 Å². The summed E-state index contributed by atoms with van der Waals surface area (Å²) >= 11 is 5.91. The van der Waals surface area contributed by atoms with Gasteiger partial charge in [-0.3, -0.25) is 9.59 Å². The van der Waals surface area contributed by atoms with Gasteiger partial charge in [0, 0.05) is 10.6 Å². The second-order valence-corrected chi connectivity index (χ2v) is 6.70. The van der Waals surface area contributed by atoms with Gasteiger partial charge in [-0.05, 0) is 43.3 Å². The van der Waals surface area contributed by atoms with E-state index in [1.165, 1.54) is 24.3 Å². The Bertz CT molecular complexity index is 985. The first-order valence-electron chi connectivity index (χ1n) is 8.66. The van der Waals surface area contributed by atoms with E-state index in [4.69, 9.17) is 21.2 Å². The quantitative estimate of drug-likeness (QED) is 0.584. The topological polar surface area (TPSA) is 85.3 Å². The minimum atomic E-state index is -0.997. The molecule has 8 heteroatoms. The van der Waals surface area contributed by atoms with Gasteiger partial charge in [0.2, 0.25) is 12.0 Å². The number of rotatable bonds is 4. The Hall–Kier alpha value is -3.19. The molecule has 2 atom stereocenters. The summed E-state index contributed by atoms with van der Waals surface area (Å²) in [5, 5.41) is 4.50. The fourth-order valence-corrected chi connectivity index (χ4v) is 3.38. The van der Waals surface area contributed by atoms with Crippen molar-refractivity contribution >= 4 is 40.8 Å². The second kappa shape index (κ2) is 7.09. The summed E-state index contributed by atoms with van der Waals surface area (Å²) in [5.74, 6) is -2.21. The van der Waals surface area contributed by atoms with Crippen LogP contribution < -0.4 is 4.90 Å². The number of ether oxygens (including phenoxy) is 1. The third-order valence-corrected chi connectivity index (χ3v) is 4.84. The molecule has 0 unspecified atom stereocenters. The average molecular weight is 399 g/mol.